The molecule has 0 spiro atoms. The van der Waals surface area contributed by atoms with Crippen molar-refractivity contribution >= 4 is 23.2 Å². The average Bonchev–Trinajstić information content (AvgIpc) is 3.14. The van der Waals surface area contributed by atoms with Crippen LogP contribution in [0, 0.1) is 5.82 Å². The Hall–Kier alpha value is -3.13. The fourth-order valence-electron chi connectivity index (χ4n) is 2.34. The minimum Gasteiger partial charge on any atom is -0.354 e. The van der Waals surface area contributed by atoms with Gasteiger partial charge in [-0.05, 0) is 24.3 Å². The minimum absolute atomic E-state index is 0.0200. The second kappa shape index (κ2) is 9.00. The summed E-state index contributed by atoms with van der Waals surface area (Å²) in [4.78, 5) is 32.5. The summed E-state index contributed by atoms with van der Waals surface area (Å²) in [5, 5.41) is 7.86. The molecule has 0 radical (unpaired) electrons. The quantitative estimate of drug-likeness (QED) is 0.613. The molecule has 2 heterocycles. The van der Waals surface area contributed by atoms with Crippen LogP contribution in [0.1, 0.15) is 16.1 Å². The Bertz CT molecular complexity index is 930. The number of pyridine rings is 1. The van der Waals surface area contributed by atoms with E-state index in [0.717, 1.165) is 10.7 Å². The van der Waals surface area contributed by atoms with Gasteiger partial charge in [-0.25, -0.2) is 9.37 Å². The van der Waals surface area contributed by atoms with E-state index >= 15 is 0 Å². The molecule has 0 fully saturated rings. The second-order valence-electron chi connectivity index (χ2n) is 5.62. The number of carbonyl (C=O) groups is 2. The first-order valence-electron chi connectivity index (χ1n) is 8.28. The fraction of sp³-hybridized carbons (Fsp3) is 0.158. The van der Waals surface area contributed by atoms with Crippen LogP contribution in [0.3, 0.4) is 0 Å². The SMILES string of the molecule is O=C(Cc1csc(-c2ccccn2)n1)NCCNC(=O)c1ccccc1F. The molecule has 3 aromatic rings. The molecule has 0 aliphatic rings. The maximum atomic E-state index is 13.5. The van der Waals surface area contributed by atoms with E-state index in [1.807, 2.05) is 23.6 Å². The summed E-state index contributed by atoms with van der Waals surface area (Å²) >= 11 is 1.43. The number of nitrogens with zero attached hydrogens (tertiary/aromatic N) is 2. The standard InChI is InChI=1S/C19H17FN4O2S/c20-15-6-2-1-5-14(15)18(26)23-10-9-22-17(25)11-13-12-27-19(24-13)16-7-3-4-8-21-16/h1-8,12H,9-11H2,(H,22,25)(H,23,26). The number of rotatable bonds is 7. The van der Waals surface area contributed by atoms with Gasteiger partial charge in [0.05, 0.1) is 23.4 Å². The third kappa shape index (κ3) is 5.18. The number of aromatic nitrogens is 2. The molecule has 0 atom stereocenters. The molecule has 2 amide bonds. The Morgan fingerprint density at radius 2 is 1.81 bits per heavy atom. The first-order chi connectivity index (χ1) is 13.1. The van der Waals surface area contributed by atoms with Crippen LogP contribution in [0.5, 0.6) is 0 Å². The zero-order valence-corrected chi connectivity index (χ0v) is 15.1. The van der Waals surface area contributed by atoms with Crippen molar-refractivity contribution in [3.63, 3.8) is 0 Å². The van der Waals surface area contributed by atoms with E-state index in [-0.39, 0.29) is 31.0 Å². The van der Waals surface area contributed by atoms with E-state index in [9.17, 15) is 14.0 Å². The Morgan fingerprint density at radius 1 is 1.04 bits per heavy atom. The van der Waals surface area contributed by atoms with E-state index in [4.69, 9.17) is 0 Å². The summed E-state index contributed by atoms with van der Waals surface area (Å²) in [7, 11) is 0. The largest absolute Gasteiger partial charge is 0.354 e. The first kappa shape index (κ1) is 18.7. The molecule has 6 nitrogen and oxygen atoms in total. The average molecular weight is 384 g/mol. The van der Waals surface area contributed by atoms with Crippen LogP contribution in [0.25, 0.3) is 10.7 Å². The summed E-state index contributed by atoms with van der Waals surface area (Å²) in [5.74, 6) is -1.29. The molecule has 8 heteroatoms. The highest BCUT2D eigenvalue weighted by Crippen LogP contribution is 2.21. The summed E-state index contributed by atoms with van der Waals surface area (Å²) in [6, 6.07) is 11.3. The van der Waals surface area contributed by atoms with Gasteiger partial charge in [-0.3, -0.25) is 14.6 Å². The monoisotopic (exact) mass is 384 g/mol. The molecule has 0 bridgehead atoms. The van der Waals surface area contributed by atoms with Gasteiger partial charge in [-0.1, -0.05) is 18.2 Å². The van der Waals surface area contributed by atoms with Crippen LogP contribution in [-0.4, -0.2) is 34.9 Å². The molecular formula is C19H17FN4O2S. The summed E-state index contributed by atoms with van der Waals surface area (Å²) in [6.07, 6.45) is 1.84. The second-order valence-corrected chi connectivity index (χ2v) is 6.48. The van der Waals surface area contributed by atoms with E-state index in [2.05, 4.69) is 20.6 Å². The molecule has 0 unspecified atom stereocenters. The number of nitrogens with one attached hydrogen (secondary N) is 2. The van der Waals surface area contributed by atoms with Gasteiger partial charge in [0.2, 0.25) is 5.91 Å². The molecular weight excluding hydrogens is 367 g/mol. The third-order valence-electron chi connectivity index (χ3n) is 3.63. The van der Waals surface area contributed by atoms with Crippen LogP contribution < -0.4 is 10.6 Å². The highest BCUT2D eigenvalue weighted by molar-refractivity contribution is 7.13. The van der Waals surface area contributed by atoms with E-state index in [1.54, 1.807) is 12.3 Å². The smallest absolute Gasteiger partial charge is 0.254 e. The lowest BCUT2D eigenvalue weighted by Gasteiger charge is -2.07. The van der Waals surface area contributed by atoms with Gasteiger partial charge in [0.25, 0.3) is 5.91 Å². The van der Waals surface area contributed by atoms with Crippen molar-refractivity contribution in [2.45, 2.75) is 6.42 Å². The van der Waals surface area contributed by atoms with Crippen molar-refractivity contribution in [1.82, 2.24) is 20.6 Å². The molecule has 1 aromatic carbocycles. The van der Waals surface area contributed by atoms with Crippen LogP contribution in [0.15, 0.2) is 54.0 Å². The van der Waals surface area contributed by atoms with Gasteiger partial charge in [0.1, 0.15) is 10.8 Å². The number of amides is 2. The number of halogens is 1. The summed E-state index contributed by atoms with van der Waals surface area (Å²) < 4.78 is 13.5. The lowest BCUT2D eigenvalue weighted by Crippen LogP contribution is -2.35. The van der Waals surface area contributed by atoms with Gasteiger partial charge >= 0.3 is 0 Å². The number of hydrogen-bond acceptors (Lipinski definition) is 5. The molecule has 27 heavy (non-hydrogen) atoms. The summed E-state index contributed by atoms with van der Waals surface area (Å²) in [6.45, 7) is 0.450. The molecule has 0 aliphatic heterocycles. The minimum atomic E-state index is -0.578. The topological polar surface area (TPSA) is 84.0 Å². The Morgan fingerprint density at radius 3 is 2.59 bits per heavy atom. The predicted octanol–water partition coefficient (Wildman–Crippen LogP) is 2.43. The van der Waals surface area contributed by atoms with Crippen molar-refractivity contribution < 1.29 is 14.0 Å². The van der Waals surface area contributed by atoms with Gasteiger partial charge in [-0.15, -0.1) is 11.3 Å². The zero-order chi connectivity index (χ0) is 19.1. The predicted molar refractivity (Wildman–Crippen MR) is 101 cm³/mol. The number of benzene rings is 1. The summed E-state index contributed by atoms with van der Waals surface area (Å²) in [5.41, 5.74) is 1.41. The van der Waals surface area contributed by atoms with Crippen molar-refractivity contribution in [2.24, 2.45) is 0 Å². The van der Waals surface area contributed by atoms with Crippen LogP contribution in [0.2, 0.25) is 0 Å². The first-order valence-corrected chi connectivity index (χ1v) is 9.16. The van der Waals surface area contributed by atoms with E-state index in [0.29, 0.717) is 5.69 Å². The Kier molecular flexibility index (Phi) is 6.22. The Balaban J connectivity index is 1.42. The van der Waals surface area contributed by atoms with Crippen molar-refractivity contribution in [2.75, 3.05) is 13.1 Å². The number of hydrogen-bond donors (Lipinski definition) is 2. The van der Waals surface area contributed by atoms with Crippen LogP contribution >= 0.6 is 11.3 Å². The highest BCUT2D eigenvalue weighted by atomic mass is 32.1. The zero-order valence-electron chi connectivity index (χ0n) is 14.3. The van der Waals surface area contributed by atoms with E-state index < -0.39 is 11.7 Å². The maximum Gasteiger partial charge on any atom is 0.254 e. The fourth-order valence-corrected chi connectivity index (χ4v) is 3.14. The molecule has 0 saturated carbocycles. The number of thiazole rings is 1. The highest BCUT2D eigenvalue weighted by Gasteiger charge is 2.11. The van der Waals surface area contributed by atoms with Crippen LogP contribution in [0.4, 0.5) is 4.39 Å². The lowest BCUT2D eigenvalue weighted by atomic mass is 10.2. The Labute approximate surface area is 159 Å². The van der Waals surface area contributed by atoms with E-state index in [1.165, 1.54) is 29.5 Å². The normalized spacial score (nSPS) is 10.4. The number of carbonyl (C=O) groups excluding carboxylic acids is 2. The van der Waals surface area contributed by atoms with Crippen LogP contribution in [-0.2, 0) is 11.2 Å². The van der Waals surface area contributed by atoms with Crippen molar-refractivity contribution in [1.29, 1.82) is 0 Å². The molecule has 2 N–H and O–H groups in total. The van der Waals surface area contributed by atoms with Gasteiger partial charge in [0.15, 0.2) is 0 Å². The molecule has 3 rings (SSSR count). The van der Waals surface area contributed by atoms with Gasteiger partial charge < -0.3 is 10.6 Å². The molecule has 138 valence electrons. The van der Waals surface area contributed by atoms with Crippen molar-refractivity contribution in [3.05, 3.63) is 71.1 Å². The molecule has 0 aliphatic carbocycles. The maximum absolute atomic E-state index is 13.5. The van der Waals surface area contributed by atoms with Gasteiger partial charge in [0, 0.05) is 24.7 Å². The lowest BCUT2D eigenvalue weighted by molar-refractivity contribution is -0.120. The van der Waals surface area contributed by atoms with Crippen molar-refractivity contribution in [3.8, 4) is 10.7 Å². The molecule has 2 aromatic heterocycles. The molecule has 0 saturated heterocycles. The van der Waals surface area contributed by atoms with Gasteiger partial charge in [-0.2, -0.15) is 0 Å². The third-order valence-corrected chi connectivity index (χ3v) is 4.54.